The summed E-state index contributed by atoms with van der Waals surface area (Å²) < 4.78 is 0. The summed E-state index contributed by atoms with van der Waals surface area (Å²) >= 11 is 6.15. The fourth-order valence-corrected chi connectivity index (χ4v) is 3.83. The Kier molecular flexibility index (Phi) is 5.57. The molecular weight excluding hydrogens is 310 g/mol. The van der Waals surface area contributed by atoms with Crippen molar-refractivity contribution in [3.63, 3.8) is 0 Å². The number of likely N-dealkylation sites (N-methyl/N-ethyl adjacent to an activating group) is 1. The summed E-state index contributed by atoms with van der Waals surface area (Å²) in [5.74, 6) is 0.0602. The van der Waals surface area contributed by atoms with Crippen molar-refractivity contribution in [3.8, 4) is 0 Å². The Balaban J connectivity index is 1.52. The number of rotatable bonds is 3. The molecule has 2 aliphatic rings. The van der Waals surface area contributed by atoms with Gasteiger partial charge in [-0.3, -0.25) is 9.69 Å². The quantitative estimate of drug-likeness (QED) is 0.849. The summed E-state index contributed by atoms with van der Waals surface area (Å²) in [5, 5.41) is 0.545. The molecule has 23 heavy (non-hydrogen) atoms. The molecule has 1 aromatic rings. The van der Waals surface area contributed by atoms with Gasteiger partial charge in [-0.1, -0.05) is 30.2 Å². The van der Waals surface area contributed by atoms with Crippen LogP contribution in [0.4, 0.5) is 0 Å². The number of halogens is 1. The zero-order valence-electron chi connectivity index (χ0n) is 13.9. The van der Waals surface area contributed by atoms with Crippen LogP contribution in [0.3, 0.4) is 0 Å². The van der Waals surface area contributed by atoms with Gasteiger partial charge in [0.2, 0.25) is 0 Å². The molecule has 0 unspecified atom stereocenters. The molecule has 0 aliphatic carbocycles. The monoisotopic (exact) mass is 335 g/mol. The fourth-order valence-electron chi connectivity index (χ4n) is 3.61. The maximum atomic E-state index is 12.6. The highest BCUT2D eigenvalue weighted by atomic mass is 35.5. The van der Waals surface area contributed by atoms with Crippen molar-refractivity contribution in [1.29, 1.82) is 0 Å². The van der Waals surface area contributed by atoms with Crippen LogP contribution in [0.5, 0.6) is 0 Å². The van der Waals surface area contributed by atoms with Crippen LogP contribution < -0.4 is 0 Å². The molecule has 1 atom stereocenters. The fraction of sp³-hybridized carbons (Fsp3) is 0.611. The lowest BCUT2D eigenvalue weighted by Crippen LogP contribution is -2.53. The van der Waals surface area contributed by atoms with Gasteiger partial charge in [0.25, 0.3) is 5.91 Å². The first kappa shape index (κ1) is 16.7. The lowest BCUT2D eigenvalue weighted by Gasteiger charge is -2.40. The predicted molar refractivity (Wildman–Crippen MR) is 94.1 cm³/mol. The van der Waals surface area contributed by atoms with Crippen LogP contribution in [-0.2, 0) is 0 Å². The number of likely N-dealkylation sites (tertiary alicyclic amines) is 1. The lowest BCUT2D eigenvalue weighted by atomic mass is 10.0. The van der Waals surface area contributed by atoms with E-state index in [9.17, 15) is 4.79 Å². The molecule has 1 aromatic carbocycles. The number of carbonyl (C=O) groups is 1. The van der Waals surface area contributed by atoms with Gasteiger partial charge in [0.05, 0.1) is 10.6 Å². The molecule has 0 spiro atoms. The minimum absolute atomic E-state index is 0.0602. The molecule has 5 heteroatoms. The number of nitrogens with zero attached hydrogens (tertiary/aromatic N) is 3. The topological polar surface area (TPSA) is 26.8 Å². The van der Waals surface area contributed by atoms with Crippen LogP contribution in [0.25, 0.3) is 0 Å². The molecule has 0 saturated carbocycles. The van der Waals surface area contributed by atoms with Crippen LogP contribution in [-0.4, -0.2) is 73.0 Å². The molecule has 1 amide bonds. The predicted octanol–water partition coefficient (Wildman–Crippen LogP) is 2.58. The Hall–Kier alpha value is -1.10. The van der Waals surface area contributed by atoms with Crippen molar-refractivity contribution in [2.45, 2.75) is 25.3 Å². The summed E-state index contributed by atoms with van der Waals surface area (Å²) in [6.07, 6.45) is 3.97. The van der Waals surface area contributed by atoms with Gasteiger partial charge in [-0.15, -0.1) is 0 Å². The molecule has 2 aliphatic heterocycles. The Morgan fingerprint density at radius 1 is 1.13 bits per heavy atom. The first-order valence-corrected chi connectivity index (χ1v) is 8.99. The van der Waals surface area contributed by atoms with Gasteiger partial charge in [-0.2, -0.15) is 0 Å². The Morgan fingerprint density at radius 2 is 1.87 bits per heavy atom. The Bertz CT molecular complexity index is 543. The zero-order valence-corrected chi connectivity index (χ0v) is 14.6. The van der Waals surface area contributed by atoms with Crippen LogP contribution in [0.15, 0.2) is 24.3 Å². The first-order chi connectivity index (χ1) is 11.1. The second-order valence-corrected chi connectivity index (χ2v) is 7.11. The van der Waals surface area contributed by atoms with Gasteiger partial charge in [0.1, 0.15) is 0 Å². The van der Waals surface area contributed by atoms with Gasteiger partial charge < -0.3 is 9.80 Å². The van der Waals surface area contributed by atoms with Gasteiger partial charge in [0.15, 0.2) is 0 Å². The van der Waals surface area contributed by atoms with Crippen molar-refractivity contribution in [3.05, 3.63) is 34.9 Å². The minimum Gasteiger partial charge on any atom is -0.336 e. The second-order valence-electron chi connectivity index (χ2n) is 6.70. The molecule has 2 saturated heterocycles. The number of carbonyl (C=O) groups excluding carboxylic acids is 1. The number of hydrogen-bond donors (Lipinski definition) is 0. The van der Waals surface area contributed by atoms with Gasteiger partial charge >= 0.3 is 0 Å². The van der Waals surface area contributed by atoms with Gasteiger partial charge in [-0.25, -0.2) is 0 Å². The van der Waals surface area contributed by atoms with E-state index in [4.69, 9.17) is 11.6 Å². The maximum absolute atomic E-state index is 12.6. The largest absolute Gasteiger partial charge is 0.336 e. The average molecular weight is 336 g/mol. The molecule has 2 heterocycles. The van der Waals surface area contributed by atoms with E-state index >= 15 is 0 Å². The van der Waals surface area contributed by atoms with E-state index in [0.717, 1.165) is 32.7 Å². The molecule has 2 fully saturated rings. The summed E-state index contributed by atoms with van der Waals surface area (Å²) in [5.41, 5.74) is 0.620. The maximum Gasteiger partial charge on any atom is 0.255 e. The van der Waals surface area contributed by atoms with E-state index in [0.29, 0.717) is 16.6 Å². The van der Waals surface area contributed by atoms with E-state index in [1.54, 1.807) is 6.07 Å². The molecule has 0 aromatic heterocycles. The average Bonchev–Trinajstić information content (AvgIpc) is 2.57. The van der Waals surface area contributed by atoms with Crippen molar-refractivity contribution in [2.75, 3.05) is 46.3 Å². The van der Waals surface area contributed by atoms with E-state index in [2.05, 4.69) is 16.8 Å². The Morgan fingerprint density at radius 3 is 2.57 bits per heavy atom. The lowest BCUT2D eigenvalue weighted by molar-refractivity contribution is 0.0565. The standard InChI is InChI=1S/C18H26ClN3O/c1-20-9-5-4-6-15(20)14-21-10-12-22(13-11-21)18(23)16-7-2-3-8-17(16)19/h2-3,7-8,15H,4-6,9-14H2,1H3/t15-/m1/s1. The molecule has 126 valence electrons. The van der Waals surface area contributed by atoms with Crippen LogP contribution in [0, 0.1) is 0 Å². The number of piperidine rings is 1. The van der Waals surface area contributed by atoms with Gasteiger partial charge in [-0.05, 0) is 38.6 Å². The molecule has 3 rings (SSSR count). The van der Waals surface area contributed by atoms with Crippen molar-refractivity contribution in [2.24, 2.45) is 0 Å². The smallest absolute Gasteiger partial charge is 0.255 e. The highest BCUT2D eigenvalue weighted by Crippen LogP contribution is 2.19. The molecular formula is C18H26ClN3O. The van der Waals surface area contributed by atoms with Crippen molar-refractivity contribution in [1.82, 2.24) is 14.7 Å². The third-order valence-corrected chi connectivity index (χ3v) is 5.48. The molecule has 4 nitrogen and oxygen atoms in total. The highest BCUT2D eigenvalue weighted by Gasteiger charge is 2.26. The van der Waals surface area contributed by atoms with Crippen molar-refractivity contribution >= 4 is 17.5 Å². The number of benzene rings is 1. The molecule has 0 radical (unpaired) electrons. The summed E-state index contributed by atoms with van der Waals surface area (Å²) in [6, 6.07) is 8.00. The van der Waals surface area contributed by atoms with Crippen molar-refractivity contribution < 1.29 is 4.79 Å². The number of amides is 1. The number of piperazine rings is 1. The zero-order chi connectivity index (χ0) is 16.2. The normalized spacial score (nSPS) is 23.9. The van der Waals surface area contributed by atoms with Gasteiger partial charge in [0, 0.05) is 38.8 Å². The van der Waals surface area contributed by atoms with E-state index < -0.39 is 0 Å². The molecule has 0 bridgehead atoms. The van der Waals surface area contributed by atoms with Crippen LogP contribution in [0.2, 0.25) is 5.02 Å². The molecule has 0 N–H and O–H groups in total. The second kappa shape index (κ2) is 7.65. The van der Waals surface area contributed by atoms with Crippen LogP contribution >= 0.6 is 11.6 Å². The minimum atomic E-state index is 0.0602. The van der Waals surface area contributed by atoms with Crippen LogP contribution in [0.1, 0.15) is 29.6 Å². The SMILES string of the molecule is CN1CCCC[C@@H]1CN1CCN(C(=O)c2ccccc2Cl)CC1. The van der Waals surface area contributed by atoms with E-state index in [-0.39, 0.29) is 5.91 Å². The summed E-state index contributed by atoms with van der Waals surface area (Å²) in [6.45, 7) is 5.85. The Labute approximate surface area is 144 Å². The third-order valence-electron chi connectivity index (χ3n) is 5.15. The van der Waals surface area contributed by atoms with E-state index in [1.807, 2.05) is 23.1 Å². The summed E-state index contributed by atoms with van der Waals surface area (Å²) in [4.78, 5) is 19.5. The number of hydrogen-bond acceptors (Lipinski definition) is 3. The van der Waals surface area contributed by atoms with E-state index in [1.165, 1.54) is 25.8 Å². The highest BCUT2D eigenvalue weighted by molar-refractivity contribution is 6.33. The summed E-state index contributed by atoms with van der Waals surface area (Å²) in [7, 11) is 2.24. The first-order valence-electron chi connectivity index (χ1n) is 8.61. The third kappa shape index (κ3) is 4.06.